The van der Waals surface area contributed by atoms with E-state index >= 15 is 0 Å². The Hall–Kier alpha value is -4.89. The van der Waals surface area contributed by atoms with Crippen molar-refractivity contribution in [3.63, 3.8) is 0 Å². The Labute approximate surface area is 314 Å². The molecule has 16 heteroatoms. The maximum Gasteiger partial charge on any atom is 0.417 e. The SMILES string of the molecule is CC.O=C(Nc1ccc(N2CCCCC2)cc1C(=O)N/N=C/c1ccc(Cl)c(C(F)(F)F)c1)c1cccc(CSCCN2C(=O)CCC2=O)c1.O=CO. The van der Waals surface area contributed by atoms with Gasteiger partial charge >= 0.3 is 6.18 Å². The number of halogens is 4. The van der Waals surface area contributed by atoms with Crippen molar-refractivity contribution in [2.75, 3.05) is 35.6 Å². The minimum absolute atomic E-state index is 0.0821. The zero-order valence-corrected chi connectivity index (χ0v) is 30.8. The van der Waals surface area contributed by atoms with E-state index in [-0.39, 0.29) is 47.9 Å². The number of carbonyl (C=O) groups excluding carboxylic acids is 4. The first-order chi connectivity index (χ1) is 25.4. The molecule has 2 fully saturated rings. The third kappa shape index (κ3) is 12.6. The average Bonchev–Trinajstić information content (AvgIpc) is 3.47. The van der Waals surface area contributed by atoms with E-state index in [1.54, 1.807) is 42.1 Å². The molecule has 3 N–H and O–H groups in total. The number of benzene rings is 3. The zero-order chi connectivity index (χ0) is 39.0. The van der Waals surface area contributed by atoms with E-state index in [9.17, 15) is 32.3 Å². The van der Waals surface area contributed by atoms with Crippen LogP contribution in [0.5, 0.6) is 0 Å². The average molecular weight is 776 g/mol. The van der Waals surface area contributed by atoms with Gasteiger partial charge < -0.3 is 15.3 Å². The van der Waals surface area contributed by atoms with Crippen LogP contribution >= 0.6 is 23.4 Å². The van der Waals surface area contributed by atoms with E-state index in [4.69, 9.17) is 21.5 Å². The van der Waals surface area contributed by atoms with Crippen LogP contribution in [0.15, 0.2) is 65.8 Å². The number of hydrogen-bond acceptors (Lipinski definition) is 8. The smallest absolute Gasteiger partial charge is 0.417 e. The summed E-state index contributed by atoms with van der Waals surface area (Å²) in [6, 6.07) is 15.4. The summed E-state index contributed by atoms with van der Waals surface area (Å²) in [5.41, 5.74) is 3.83. The van der Waals surface area contributed by atoms with Crippen LogP contribution in [0.2, 0.25) is 5.02 Å². The fourth-order valence-corrected chi connectivity index (χ4v) is 6.55. The van der Waals surface area contributed by atoms with E-state index in [2.05, 4.69) is 20.7 Å². The normalized spacial score (nSPS) is 14.2. The van der Waals surface area contributed by atoms with Crippen LogP contribution in [0, 0.1) is 0 Å². The molecule has 2 saturated heterocycles. The zero-order valence-electron chi connectivity index (χ0n) is 29.2. The van der Waals surface area contributed by atoms with Crippen molar-refractivity contribution in [2.24, 2.45) is 5.10 Å². The summed E-state index contributed by atoms with van der Waals surface area (Å²) in [5, 5.41) is 13.1. The molecule has 284 valence electrons. The quantitative estimate of drug-likeness (QED) is 0.0598. The summed E-state index contributed by atoms with van der Waals surface area (Å²) in [5.74, 6) is -0.274. The maximum absolute atomic E-state index is 13.4. The highest BCUT2D eigenvalue weighted by molar-refractivity contribution is 7.98. The van der Waals surface area contributed by atoms with Gasteiger partial charge in [0.1, 0.15) is 0 Å². The van der Waals surface area contributed by atoms with E-state index in [1.165, 1.54) is 11.0 Å². The number of carboxylic acid groups (broad SMARTS) is 1. The van der Waals surface area contributed by atoms with Crippen molar-refractivity contribution in [1.82, 2.24) is 10.3 Å². The van der Waals surface area contributed by atoms with Gasteiger partial charge in [-0.3, -0.25) is 28.9 Å². The van der Waals surface area contributed by atoms with Crippen LogP contribution in [0.4, 0.5) is 24.5 Å². The Morgan fingerprint density at radius 3 is 2.30 bits per heavy atom. The summed E-state index contributed by atoms with van der Waals surface area (Å²) in [6.07, 6.45) is 0.0783. The summed E-state index contributed by atoms with van der Waals surface area (Å²) < 4.78 is 39.8. The lowest BCUT2D eigenvalue weighted by atomic mass is 10.1. The van der Waals surface area contributed by atoms with Crippen molar-refractivity contribution in [2.45, 2.75) is 57.9 Å². The molecule has 5 rings (SSSR count). The van der Waals surface area contributed by atoms with Crippen molar-refractivity contribution in [3.05, 3.63) is 93.5 Å². The first kappa shape index (κ1) is 42.5. The molecule has 2 heterocycles. The monoisotopic (exact) mass is 775 g/mol. The molecule has 2 aliphatic rings. The summed E-state index contributed by atoms with van der Waals surface area (Å²) in [6.45, 7) is 5.73. The van der Waals surface area contributed by atoms with Crippen LogP contribution in [-0.2, 0) is 26.3 Å². The molecule has 3 aromatic rings. The largest absolute Gasteiger partial charge is 0.483 e. The van der Waals surface area contributed by atoms with E-state index in [0.29, 0.717) is 23.6 Å². The topological polar surface area (TPSA) is 148 Å². The van der Waals surface area contributed by atoms with Gasteiger partial charge in [0, 0.05) is 55.2 Å². The van der Waals surface area contributed by atoms with Crippen molar-refractivity contribution >= 4 is 71.1 Å². The van der Waals surface area contributed by atoms with Crippen LogP contribution < -0.4 is 15.6 Å². The third-order valence-electron chi connectivity index (χ3n) is 7.96. The maximum atomic E-state index is 13.4. The highest BCUT2D eigenvalue weighted by atomic mass is 35.5. The number of rotatable bonds is 11. The van der Waals surface area contributed by atoms with Gasteiger partial charge in [-0.1, -0.05) is 43.6 Å². The number of imide groups is 1. The molecule has 0 aromatic heterocycles. The second-order valence-electron chi connectivity index (χ2n) is 11.5. The Morgan fingerprint density at radius 1 is 0.962 bits per heavy atom. The van der Waals surface area contributed by atoms with Gasteiger partial charge in [0.25, 0.3) is 18.3 Å². The molecular weight excluding hydrogens is 735 g/mol. The van der Waals surface area contributed by atoms with Crippen molar-refractivity contribution < 1.29 is 42.3 Å². The Balaban J connectivity index is 0.00000144. The van der Waals surface area contributed by atoms with E-state index < -0.39 is 28.6 Å². The summed E-state index contributed by atoms with van der Waals surface area (Å²) >= 11 is 7.24. The molecule has 0 unspecified atom stereocenters. The lowest BCUT2D eigenvalue weighted by Crippen LogP contribution is -2.31. The number of nitrogens with one attached hydrogen (secondary N) is 2. The molecule has 3 aromatic carbocycles. The number of nitrogens with zero attached hydrogens (tertiary/aromatic N) is 3. The summed E-state index contributed by atoms with van der Waals surface area (Å²) in [7, 11) is 0. The van der Waals surface area contributed by atoms with Crippen LogP contribution in [0.1, 0.15) is 83.4 Å². The van der Waals surface area contributed by atoms with Gasteiger partial charge in [-0.15, -0.1) is 0 Å². The molecule has 0 atom stereocenters. The summed E-state index contributed by atoms with van der Waals surface area (Å²) in [4.78, 5) is 62.2. The standard InChI is InChI=1S/C34H33ClF3N5O4S.C2H6.CH2O2/c35-28-9-7-22(18-27(28)34(36,37)38)20-39-41-33(47)26-19-25(42-13-2-1-3-14-42)8-10-29(26)40-32(46)24-6-4-5-23(17-24)21-48-16-15-43-30(44)11-12-31(43)45;1-2;2-1-3/h4-10,17-20H,1-3,11-16,21H2,(H,40,46)(H,41,47);1-2H3;1H,(H,2,3)/b39-20+;;. The lowest BCUT2D eigenvalue weighted by Gasteiger charge is -2.29. The number of amides is 4. The van der Waals surface area contributed by atoms with Crippen molar-refractivity contribution in [1.29, 1.82) is 0 Å². The molecule has 4 amide bonds. The Kier molecular flexibility index (Phi) is 16.8. The number of likely N-dealkylation sites (tertiary alicyclic amines) is 1. The molecule has 11 nitrogen and oxygen atoms in total. The first-order valence-corrected chi connectivity index (χ1v) is 18.4. The molecule has 2 aliphatic heterocycles. The Bertz CT molecular complexity index is 1770. The molecule has 0 bridgehead atoms. The van der Waals surface area contributed by atoms with Gasteiger partial charge in [0.15, 0.2) is 0 Å². The lowest BCUT2D eigenvalue weighted by molar-refractivity contribution is -0.138. The molecule has 53 heavy (non-hydrogen) atoms. The highest BCUT2D eigenvalue weighted by Gasteiger charge is 2.33. The highest BCUT2D eigenvalue weighted by Crippen LogP contribution is 2.35. The number of carbonyl (C=O) groups is 5. The number of piperidine rings is 1. The number of hydrazone groups is 1. The number of thioether (sulfide) groups is 1. The van der Waals surface area contributed by atoms with Gasteiger partial charge in [0.05, 0.1) is 28.1 Å². The minimum atomic E-state index is -4.65. The molecule has 0 radical (unpaired) electrons. The van der Waals surface area contributed by atoms with Gasteiger partial charge in [0.2, 0.25) is 11.8 Å². The molecule has 0 saturated carbocycles. The van der Waals surface area contributed by atoms with Gasteiger partial charge in [-0.25, -0.2) is 5.43 Å². The van der Waals surface area contributed by atoms with E-state index in [0.717, 1.165) is 62.0 Å². The van der Waals surface area contributed by atoms with Gasteiger partial charge in [-0.05, 0) is 72.9 Å². The molecule has 0 aliphatic carbocycles. The first-order valence-electron chi connectivity index (χ1n) is 16.9. The molecular formula is C37H41ClF3N5O6S. The Morgan fingerprint density at radius 2 is 1.64 bits per heavy atom. The second-order valence-corrected chi connectivity index (χ2v) is 13.0. The van der Waals surface area contributed by atoms with Crippen LogP contribution in [0.25, 0.3) is 0 Å². The fraction of sp³-hybridized carbons (Fsp3) is 0.351. The fourth-order valence-electron chi connectivity index (χ4n) is 5.46. The van der Waals surface area contributed by atoms with Crippen LogP contribution in [-0.4, -0.2) is 71.7 Å². The predicted octanol–water partition coefficient (Wildman–Crippen LogP) is 7.47. The van der Waals surface area contributed by atoms with Crippen molar-refractivity contribution in [3.8, 4) is 0 Å². The minimum Gasteiger partial charge on any atom is -0.483 e. The molecule has 0 spiro atoms. The third-order valence-corrected chi connectivity index (χ3v) is 9.30. The van der Waals surface area contributed by atoms with Gasteiger partial charge in [-0.2, -0.15) is 30.0 Å². The van der Waals surface area contributed by atoms with E-state index in [1.807, 2.05) is 26.0 Å². The number of hydrogen-bond donors (Lipinski definition) is 3. The van der Waals surface area contributed by atoms with Crippen LogP contribution in [0.3, 0.4) is 0 Å². The predicted molar refractivity (Wildman–Crippen MR) is 201 cm³/mol. The second kappa shape index (κ2) is 21.0. The number of anilines is 2. The number of alkyl halides is 3.